The molecule has 0 saturated carbocycles. The van der Waals surface area contributed by atoms with E-state index < -0.39 is 23.1 Å². The lowest BCUT2D eigenvalue weighted by atomic mass is 10.1. The van der Waals surface area contributed by atoms with Crippen LogP contribution in [0.25, 0.3) is 5.69 Å². The van der Waals surface area contributed by atoms with Crippen molar-refractivity contribution in [3.05, 3.63) is 91.8 Å². The van der Waals surface area contributed by atoms with Crippen LogP contribution in [0.15, 0.2) is 57.8 Å². The van der Waals surface area contributed by atoms with Crippen LogP contribution in [0.4, 0.5) is 8.78 Å². The summed E-state index contributed by atoms with van der Waals surface area (Å²) in [5, 5.41) is 0. The zero-order valence-electron chi connectivity index (χ0n) is 15.4. The summed E-state index contributed by atoms with van der Waals surface area (Å²) in [7, 11) is 0. The number of halogens is 4. The second-order valence-corrected chi connectivity index (χ2v) is 6.89. The second-order valence-electron chi connectivity index (χ2n) is 6.10. The van der Waals surface area contributed by atoms with Gasteiger partial charge in [0.1, 0.15) is 28.5 Å². The number of hydrogen-bond donors (Lipinski definition) is 2. The highest BCUT2D eigenvalue weighted by molar-refractivity contribution is 9.10. The van der Waals surface area contributed by atoms with Crippen molar-refractivity contribution in [1.82, 2.24) is 4.57 Å². The number of nitrogens with zero attached hydrogens (tertiary/aromatic N) is 1. The highest BCUT2D eigenvalue weighted by Crippen LogP contribution is 2.26. The first kappa shape index (κ1) is 23.5. The summed E-state index contributed by atoms with van der Waals surface area (Å²) in [6.07, 6.45) is 0. The van der Waals surface area contributed by atoms with Crippen LogP contribution in [0.3, 0.4) is 0 Å². The SMILES string of the molecule is Cl.NCc1cc(OCc2ccc(F)cc2F)c(Br)c(=O)n1-c1cccc(C(N)=O)c1. The molecular formula is C20H17BrClF2N3O3. The minimum Gasteiger partial charge on any atom is -0.487 e. The molecule has 0 aliphatic rings. The molecule has 0 bridgehead atoms. The minimum atomic E-state index is -0.753. The Morgan fingerprint density at radius 1 is 1.13 bits per heavy atom. The van der Waals surface area contributed by atoms with E-state index in [-0.39, 0.29) is 46.9 Å². The van der Waals surface area contributed by atoms with Crippen LogP contribution >= 0.6 is 28.3 Å². The third kappa shape index (κ3) is 4.86. The Hall–Kier alpha value is -2.75. The van der Waals surface area contributed by atoms with Gasteiger partial charge in [-0.2, -0.15) is 0 Å². The number of nitrogens with two attached hydrogens (primary N) is 2. The molecule has 0 radical (unpaired) electrons. The fourth-order valence-electron chi connectivity index (χ4n) is 2.74. The van der Waals surface area contributed by atoms with Crippen LogP contribution in [-0.4, -0.2) is 10.5 Å². The van der Waals surface area contributed by atoms with E-state index in [4.69, 9.17) is 16.2 Å². The number of ether oxygens (including phenoxy) is 1. The Labute approximate surface area is 185 Å². The molecule has 10 heteroatoms. The molecule has 4 N–H and O–H groups in total. The van der Waals surface area contributed by atoms with Crippen molar-refractivity contribution in [2.45, 2.75) is 13.2 Å². The van der Waals surface area contributed by atoms with Crippen LogP contribution in [0.5, 0.6) is 5.75 Å². The van der Waals surface area contributed by atoms with Gasteiger partial charge in [-0.1, -0.05) is 6.07 Å². The molecule has 0 fully saturated rings. The van der Waals surface area contributed by atoms with Crippen molar-refractivity contribution in [2.75, 3.05) is 0 Å². The molecule has 1 aromatic heterocycles. The highest BCUT2D eigenvalue weighted by atomic mass is 79.9. The number of pyridine rings is 1. The molecular weight excluding hydrogens is 484 g/mol. The lowest BCUT2D eigenvalue weighted by molar-refractivity contribution is 0.1000. The van der Waals surface area contributed by atoms with E-state index in [1.807, 2.05) is 0 Å². The monoisotopic (exact) mass is 499 g/mol. The van der Waals surface area contributed by atoms with E-state index in [1.54, 1.807) is 12.1 Å². The Morgan fingerprint density at radius 3 is 2.50 bits per heavy atom. The van der Waals surface area contributed by atoms with Gasteiger partial charge in [0.05, 0.1) is 0 Å². The molecule has 0 unspecified atom stereocenters. The van der Waals surface area contributed by atoms with Gasteiger partial charge in [-0.25, -0.2) is 8.78 Å². The third-order valence-electron chi connectivity index (χ3n) is 4.19. The summed E-state index contributed by atoms with van der Waals surface area (Å²) in [6.45, 7) is -0.222. The Balaban J connectivity index is 0.00000320. The average molecular weight is 501 g/mol. The van der Waals surface area contributed by atoms with Crippen LogP contribution in [0, 0.1) is 11.6 Å². The quantitative estimate of drug-likeness (QED) is 0.541. The summed E-state index contributed by atoms with van der Waals surface area (Å²) in [6, 6.07) is 10.9. The number of hydrogen-bond acceptors (Lipinski definition) is 4. The molecule has 2 aromatic carbocycles. The van der Waals surface area contributed by atoms with Crippen LogP contribution in [-0.2, 0) is 13.2 Å². The number of benzene rings is 2. The van der Waals surface area contributed by atoms with E-state index in [0.717, 1.165) is 12.1 Å². The Kier molecular flexibility index (Phi) is 7.71. The van der Waals surface area contributed by atoms with Crippen molar-refractivity contribution in [2.24, 2.45) is 11.5 Å². The first-order chi connectivity index (χ1) is 13.8. The molecule has 0 spiro atoms. The summed E-state index contributed by atoms with van der Waals surface area (Å²) in [4.78, 5) is 24.4. The molecule has 0 aliphatic heterocycles. The Bertz CT molecular complexity index is 1150. The second kappa shape index (κ2) is 9.84. The van der Waals surface area contributed by atoms with Crippen molar-refractivity contribution >= 4 is 34.2 Å². The van der Waals surface area contributed by atoms with Crippen molar-refractivity contribution in [3.63, 3.8) is 0 Å². The van der Waals surface area contributed by atoms with Crippen LogP contribution in [0.1, 0.15) is 21.6 Å². The molecule has 3 aromatic rings. The number of carbonyl (C=O) groups excluding carboxylic acids is 1. The van der Waals surface area contributed by atoms with E-state index in [9.17, 15) is 18.4 Å². The highest BCUT2D eigenvalue weighted by Gasteiger charge is 2.16. The lowest BCUT2D eigenvalue weighted by Crippen LogP contribution is -2.25. The average Bonchev–Trinajstić information content (AvgIpc) is 2.70. The maximum absolute atomic E-state index is 13.8. The molecule has 1 amide bonds. The summed E-state index contributed by atoms with van der Waals surface area (Å²) in [5.41, 5.74) is 11.8. The predicted molar refractivity (Wildman–Crippen MR) is 114 cm³/mol. The lowest BCUT2D eigenvalue weighted by Gasteiger charge is -2.16. The number of primary amides is 1. The zero-order chi connectivity index (χ0) is 21.1. The molecule has 1 heterocycles. The van der Waals surface area contributed by atoms with Gasteiger partial charge in [-0.3, -0.25) is 14.2 Å². The number of carbonyl (C=O) groups is 1. The van der Waals surface area contributed by atoms with Gasteiger partial charge in [-0.15, -0.1) is 12.4 Å². The van der Waals surface area contributed by atoms with E-state index in [2.05, 4.69) is 15.9 Å². The molecule has 0 atom stereocenters. The van der Waals surface area contributed by atoms with E-state index in [1.165, 1.54) is 28.8 Å². The van der Waals surface area contributed by atoms with Gasteiger partial charge >= 0.3 is 0 Å². The van der Waals surface area contributed by atoms with Gasteiger partial charge in [0.2, 0.25) is 5.91 Å². The normalized spacial score (nSPS) is 10.4. The molecule has 30 heavy (non-hydrogen) atoms. The zero-order valence-corrected chi connectivity index (χ0v) is 17.8. The van der Waals surface area contributed by atoms with Crippen molar-refractivity contribution in [3.8, 4) is 11.4 Å². The fourth-order valence-corrected chi connectivity index (χ4v) is 3.15. The van der Waals surface area contributed by atoms with Gasteiger partial charge in [0.25, 0.3) is 5.56 Å². The van der Waals surface area contributed by atoms with Gasteiger partial charge in [0.15, 0.2) is 0 Å². The maximum Gasteiger partial charge on any atom is 0.273 e. The van der Waals surface area contributed by atoms with Gasteiger partial charge < -0.3 is 16.2 Å². The first-order valence-corrected chi connectivity index (χ1v) is 9.22. The smallest absolute Gasteiger partial charge is 0.273 e. The number of amides is 1. The van der Waals surface area contributed by atoms with E-state index in [0.29, 0.717) is 11.4 Å². The minimum absolute atomic E-state index is 0. The summed E-state index contributed by atoms with van der Waals surface area (Å²) in [5.74, 6) is -1.92. The first-order valence-electron chi connectivity index (χ1n) is 8.43. The van der Waals surface area contributed by atoms with Crippen molar-refractivity contribution in [1.29, 1.82) is 0 Å². The largest absolute Gasteiger partial charge is 0.487 e. The van der Waals surface area contributed by atoms with Gasteiger partial charge in [-0.05, 0) is 46.3 Å². The standard InChI is InChI=1S/C20H16BrF2N3O3.ClH/c21-18-17(29-10-12-4-5-13(22)7-16(12)23)8-15(9-24)26(20(18)28)14-3-1-2-11(6-14)19(25)27;/h1-8H,9-10,24H2,(H2,25,27);1H. The molecule has 158 valence electrons. The predicted octanol–water partition coefficient (Wildman–Crippen LogP) is 3.44. The van der Waals surface area contributed by atoms with Crippen LogP contribution in [0.2, 0.25) is 0 Å². The number of rotatable bonds is 6. The molecule has 6 nitrogen and oxygen atoms in total. The maximum atomic E-state index is 13.8. The van der Waals surface area contributed by atoms with Crippen LogP contribution < -0.4 is 21.8 Å². The fraction of sp³-hybridized carbons (Fsp3) is 0.100. The van der Waals surface area contributed by atoms with E-state index >= 15 is 0 Å². The number of aromatic nitrogens is 1. The third-order valence-corrected chi connectivity index (χ3v) is 4.92. The Morgan fingerprint density at radius 2 is 1.87 bits per heavy atom. The molecule has 0 saturated heterocycles. The van der Waals surface area contributed by atoms with Gasteiger partial charge in [0, 0.05) is 41.2 Å². The van der Waals surface area contributed by atoms with Crippen molar-refractivity contribution < 1.29 is 18.3 Å². The summed E-state index contributed by atoms with van der Waals surface area (Å²) >= 11 is 3.20. The summed E-state index contributed by atoms with van der Waals surface area (Å²) < 4.78 is 33.8. The topological polar surface area (TPSA) is 100 Å². The molecule has 0 aliphatic carbocycles. The molecule has 3 rings (SSSR count).